The van der Waals surface area contributed by atoms with Gasteiger partial charge in [-0.15, -0.1) is 0 Å². The van der Waals surface area contributed by atoms with Crippen molar-refractivity contribution in [3.05, 3.63) is 62.3 Å². The van der Waals surface area contributed by atoms with Crippen molar-refractivity contribution in [1.82, 2.24) is 0 Å². The lowest BCUT2D eigenvalue weighted by atomic mass is 10.2. The summed E-state index contributed by atoms with van der Waals surface area (Å²) in [6.45, 7) is 0.469. The fourth-order valence-corrected chi connectivity index (χ4v) is 2.37. The minimum atomic E-state index is -0.343. The maximum atomic E-state index is 13.2. The van der Waals surface area contributed by atoms with Gasteiger partial charge in [-0.1, -0.05) is 29.3 Å². The second-order valence-electron chi connectivity index (χ2n) is 3.73. The van der Waals surface area contributed by atoms with E-state index < -0.39 is 0 Å². The standard InChI is InChI=1S/C13H9BrCl2FN/c14-13-11(16)2-1-3-12(13)18-7-8-4-9(15)6-10(17)5-8/h1-6,18H,7H2. The van der Waals surface area contributed by atoms with E-state index in [-0.39, 0.29) is 5.82 Å². The van der Waals surface area contributed by atoms with Crippen LogP contribution in [-0.2, 0) is 6.54 Å². The Hall–Kier alpha value is -0.770. The molecule has 0 saturated heterocycles. The summed E-state index contributed by atoms with van der Waals surface area (Å²) in [6, 6.07) is 9.95. The molecular weight excluding hydrogens is 340 g/mol. The Bertz CT molecular complexity index is 555. The molecule has 0 spiro atoms. The molecule has 0 atom stereocenters. The zero-order valence-electron chi connectivity index (χ0n) is 9.18. The number of hydrogen-bond acceptors (Lipinski definition) is 1. The van der Waals surface area contributed by atoms with Crippen LogP contribution in [0.25, 0.3) is 0 Å². The summed E-state index contributed by atoms with van der Waals surface area (Å²) < 4.78 is 13.9. The highest BCUT2D eigenvalue weighted by atomic mass is 79.9. The highest BCUT2D eigenvalue weighted by molar-refractivity contribution is 9.10. The number of hydrogen-bond donors (Lipinski definition) is 1. The van der Waals surface area contributed by atoms with E-state index in [2.05, 4.69) is 21.2 Å². The largest absolute Gasteiger partial charge is 0.380 e. The lowest BCUT2D eigenvalue weighted by Gasteiger charge is -2.10. The Morgan fingerprint density at radius 2 is 1.94 bits per heavy atom. The molecule has 1 nitrogen and oxygen atoms in total. The number of benzene rings is 2. The van der Waals surface area contributed by atoms with Gasteiger partial charge in [-0.3, -0.25) is 0 Å². The molecule has 0 radical (unpaired) electrons. The van der Waals surface area contributed by atoms with E-state index in [0.29, 0.717) is 16.6 Å². The van der Waals surface area contributed by atoms with Crippen LogP contribution in [0.5, 0.6) is 0 Å². The van der Waals surface area contributed by atoms with E-state index >= 15 is 0 Å². The van der Waals surface area contributed by atoms with Gasteiger partial charge in [0.2, 0.25) is 0 Å². The quantitative estimate of drug-likeness (QED) is 0.771. The molecule has 1 N–H and O–H groups in total. The molecule has 0 bridgehead atoms. The van der Waals surface area contributed by atoms with Gasteiger partial charge >= 0.3 is 0 Å². The second kappa shape index (κ2) is 5.91. The molecule has 0 fully saturated rings. The van der Waals surface area contributed by atoms with Gasteiger partial charge in [-0.2, -0.15) is 0 Å². The van der Waals surface area contributed by atoms with Crippen LogP contribution in [0.3, 0.4) is 0 Å². The van der Waals surface area contributed by atoms with Gasteiger partial charge in [0.1, 0.15) is 5.82 Å². The summed E-state index contributed by atoms with van der Waals surface area (Å²) in [4.78, 5) is 0. The summed E-state index contributed by atoms with van der Waals surface area (Å²) in [7, 11) is 0. The third-order valence-corrected chi connectivity index (χ3v) is 3.97. The van der Waals surface area contributed by atoms with Crippen molar-refractivity contribution >= 4 is 44.8 Å². The number of halogens is 4. The highest BCUT2D eigenvalue weighted by Crippen LogP contribution is 2.30. The van der Waals surface area contributed by atoms with Crippen LogP contribution in [0.4, 0.5) is 10.1 Å². The van der Waals surface area contributed by atoms with Crippen LogP contribution < -0.4 is 5.32 Å². The molecule has 5 heteroatoms. The van der Waals surface area contributed by atoms with Crippen molar-refractivity contribution in [2.45, 2.75) is 6.54 Å². The van der Waals surface area contributed by atoms with Gasteiger partial charge in [0.05, 0.1) is 15.2 Å². The first-order valence-corrected chi connectivity index (χ1v) is 6.74. The van der Waals surface area contributed by atoms with Crippen LogP contribution in [0, 0.1) is 5.82 Å². The average Bonchev–Trinajstić information content (AvgIpc) is 2.30. The molecule has 2 aromatic rings. The van der Waals surface area contributed by atoms with Gasteiger partial charge < -0.3 is 5.32 Å². The third kappa shape index (κ3) is 3.37. The maximum Gasteiger partial charge on any atom is 0.125 e. The molecule has 2 rings (SSSR count). The van der Waals surface area contributed by atoms with Crippen molar-refractivity contribution in [2.24, 2.45) is 0 Å². The van der Waals surface area contributed by atoms with Gasteiger partial charge in [-0.25, -0.2) is 4.39 Å². The minimum Gasteiger partial charge on any atom is -0.380 e. The first kappa shape index (κ1) is 13.7. The van der Waals surface area contributed by atoms with Crippen LogP contribution in [-0.4, -0.2) is 0 Å². The number of anilines is 1. The van der Waals surface area contributed by atoms with E-state index in [4.69, 9.17) is 23.2 Å². The van der Waals surface area contributed by atoms with Crippen LogP contribution in [0.15, 0.2) is 40.9 Å². The Morgan fingerprint density at radius 3 is 2.67 bits per heavy atom. The lowest BCUT2D eigenvalue weighted by molar-refractivity contribution is 0.626. The van der Waals surface area contributed by atoms with Crippen molar-refractivity contribution in [2.75, 3.05) is 5.32 Å². The Balaban J connectivity index is 2.14. The molecule has 0 unspecified atom stereocenters. The van der Waals surface area contributed by atoms with Gasteiger partial charge in [0.15, 0.2) is 0 Å². The Morgan fingerprint density at radius 1 is 1.17 bits per heavy atom. The highest BCUT2D eigenvalue weighted by Gasteiger charge is 2.04. The molecule has 0 saturated carbocycles. The molecule has 2 aromatic carbocycles. The van der Waals surface area contributed by atoms with Crippen LogP contribution in [0.2, 0.25) is 10.0 Å². The summed E-state index contributed by atoms with van der Waals surface area (Å²) >= 11 is 15.2. The van der Waals surface area contributed by atoms with E-state index in [0.717, 1.165) is 15.7 Å². The molecule has 0 aliphatic carbocycles. The van der Waals surface area contributed by atoms with Gasteiger partial charge in [0.25, 0.3) is 0 Å². The summed E-state index contributed by atoms with van der Waals surface area (Å²) in [5, 5.41) is 4.18. The second-order valence-corrected chi connectivity index (χ2v) is 5.37. The maximum absolute atomic E-state index is 13.2. The van der Waals surface area contributed by atoms with E-state index in [1.54, 1.807) is 12.1 Å². The van der Waals surface area contributed by atoms with Crippen molar-refractivity contribution in [3.63, 3.8) is 0 Å². The van der Waals surface area contributed by atoms with Crippen molar-refractivity contribution < 1.29 is 4.39 Å². The fraction of sp³-hybridized carbons (Fsp3) is 0.0769. The predicted octanol–water partition coefficient (Wildman–Crippen LogP) is 5.51. The molecule has 18 heavy (non-hydrogen) atoms. The normalized spacial score (nSPS) is 10.4. The summed E-state index contributed by atoms with van der Waals surface area (Å²) in [5.41, 5.74) is 1.62. The summed E-state index contributed by atoms with van der Waals surface area (Å²) in [5.74, 6) is -0.343. The Kier molecular flexibility index (Phi) is 4.49. The molecule has 0 aliphatic heterocycles. The van der Waals surface area contributed by atoms with E-state index in [9.17, 15) is 4.39 Å². The minimum absolute atomic E-state index is 0.343. The van der Waals surface area contributed by atoms with E-state index in [1.165, 1.54) is 12.1 Å². The topological polar surface area (TPSA) is 12.0 Å². The van der Waals surface area contributed by atoms with E-state index in [1.807, 2.05) is 12.1 Å². The van der Waals surface area contributed by atoms with Gasteiger partial charge in [-0.05, 0) is 51.8 Å². The zero-order valence-corrected chi connectivity index (χ0v) is 12.3. The zero-order chi connectivity index (χ0) is 13.1. The molecule has 0 aromatic heterocycles. The van der Waals surface area contributed by atoms with Crippen LogP contribution in [0.1, 0.15) is 5.56 Å². The number of nitrogens with one attached hydrogen (secondary N) is 1. The Labute approximate surface area is 123 Å². The molecule has 94 valence electrons. The first-order valence-electron chi connectivity index (χ1n) is 5.19. The molecule has 0 amide bonds. The fourth-order valence-electron chi connectivity index (χ4n) is 1.55. The number of rotatable bonds is 3. The molecule has 0 heterocycles. The van der Waals surface area contributed by atoms with Crippen LogP contribution >= 0.6 is 39.1 Å². The van der Waals surface area contributed by atoms with Gasteiger partial charge in [0, 0.05) is 11.6 Å². The summed E-state index contributed by atoms with van der Waals surface area (Å²) in [6.07, 6.45) is 0. The molecular formula is C13H9BrCl2FN. The SMILES string of the molecule is Fc1cc(Cl)cc(CNc2cccc(Cl)c2Br)c1. The lowest BCUT2D eigenvalue weighted by Crippen LogP contribution is -2.00. The third-order valence-electron chi connectivity index (χ3n) is 2.36. The predicted molar refractivity (Wildman–Crippen MR) is 77.9 cm³/mol. The average molecular weight is 349 g/mol. The first-order chi connectivity index (χ1) is 8.56. The smallest absolute Gasteiger partial charge is 0.125 e. The molecule has 0 aliphatic rings. The monoisotopic (exact) mass is 347 g/mol. The van der Waals surface area contributed by atoms with Crippen molar-refractivity contribution in [3.8, 4) is 0 Å². The van der Waals surface area contributed by atoms with Crippen molar-refractivity contribution in [1.29, 1.82) is 0 Å².